The number of carbonyl (C=O) groups excluding carboxylic acids is 9. The van der Waals surface area contributed by atoms with Crippen LogP contribution in [0.1, 0.15) is 134 Å². The van der Waals surface area contributed by atoms with Crippen LogP contribution in [0, 0.1) is 40.4 Å². The number of methoxy groups -OCH3 is 3. The van der Waals surface area contributed by atoms with Crippen LogP contribution in [-0.2, 0) is 66.9 Å². The molecule has 138 heavy (non-hydrogen) atoms. The third-order valence-electron chi connectivity index (χ3n) is 25.8. The van der Waals surface area contributed by atoms with Gasteiger partial charge in [-0.1, -0.05) is 151 Å². The number of nitrogens with one attached hydrogen (secondary N) is 4. The van der Waals surface area contributed by atoms with Crippen molar-refractivity contribution in [3.8, 4) is 68.3 Å². The van der Waals surface area contributed by atoms with E-state index in [2.05, 4.69) is 41.0 Å². The fourth-order valence-electron chi connectivity index (χ4n) is 18.1. The Kier molecular flexibility index (Phi) is 32.6. The molecule has 31 heteroatoms. The summed E-state index contributed by atoms with van der Waals surface area (Å²) in [5, 5.41) is 24.0. The van der Waals surface area contributed by atoms with Crippen LogP contribution in [0.25, 0.3) is 66.5 Å². The quantitative estimate of drug-likeness (QED) is 0.0145. The summed E-state index contributed by atoms with van der Waals surface area (Å²) in [4.78, 5) is 151. The van der Waals surface area contributed by atoms with Gasteiger partial charge in [0.05, 0.1) is 119 Å². The minimum absolute atomic E-state index is 0. The number of pyridine rings is 3. The van der Waals surface area contributed by atoms with Crippen molar-refractivity contribution in [1.82, 2.24) is 46.0 Å². The third-order valence-corrected chi connectivity index (χ3v) is 25.8. The molecule has 6 unspecified atom stereocenters. The molecule has 0 bridgehead atoms. The molecular weight excluding hydrogens is 1780 g/mol. The monoisotopic (exact) mass is 1910 g/mol. The molecule has 5 amide bonds. The van der Waals surface area contributed by atoms with Gasteiger partial charge in [-0.25, -0.2) is 29.3 Å². The highest BCUT2D eigenvalue weighted by Crippen LogP contribution is 2.50. The van der Waals surface area contributed by atoms with Crippen LogP contribution >= 0.6 is 12.4 Å². The Morgan fingerprint density at radius 3 is 1.08 bits per heavy atom. The SMILES string of the molecule is C=CC1CC1(NC(=O)[C@@H]1C[C@@H](Oc2cc(-c3ccccc3)nc3cc(OC)ccc23)CN1)C(=O)OCC.C=CC1CC1(NC(=O)[C@@H]1C[C@@H](Oc2cc(-c3ccccc3)nc3cc(OC)ccc23)CN1C(=O)[C@@H](CC(=O)O)C(C)(C)C)C(=O)OCC.C=CC1CC1(NC(=O)[C@@H]1C[C@@H](Oc2cc(-c3ccccc3)nc3cc(OC)ccc23)CN1C(=O)[C@@H](CC(=O)OC(C)(C)C)C(C)(C)C)C(=O)OCC.Cl. The van der Waals surface area contributed by atoms with Crippen molar-refractivity contribution in [3.05, 3.63) is 202 Å². The molecule has 3 saturated heterocycles. The topological polar surface area (TPSA) is 376 Å². The lowest BCUT2D eigenvalue weighted by molar-refractivity contribution is -0.161. The predicted octanol–water partition coefficient (Wildman–Crippen LogP) is 15.4. The van der Waals surface area contributed by atoms with E-state index in [0.717, 1.165) is 38.7 Å². The smallest absolute Gasteiger partial charge is 0.332 e. The highest BCUT2D eigenvalue weighted by molar-refractivity contribution is 6.00. The molecule has 14 atom stereocenters. The summed E-state index contributed by atoms with van der Waals surface area (Å²) in [5.74, 6) is -4.01. The van der Waals surface area contributed by atoms with E-state index in [-0.39, 0.29) is 100 Å². The van der Waals surface area contributed by atoms with Gasteiger partial charge in [-0.2, -0.15) is 0 Å². The van der Waals surface area contributed by atoms with E-state index in [1.54, 1.807) is 108 Å². The fraction of sp³-hybridized carbons (Fsp3) is 0.430. The summed E-state index contributed by atoms with van der Waals surface area (Å²) in [6.45, 7) is 34.1. The Hall–Kier alpha value is -13.5. The van der Waals surface area contributed by atoms with Gasteiger partial charge in [-0.15, -0.1) is 32.1 Å². The molecule has 6 fully saturated rings. The largest absolute Gasteiger partial charge is 0.497 e. The van der Waals surface area contributed by atoms with Crippen LogP contribution in [0.3, 0.4) is 0 Å². The third kappa shape index (κ3) is 23.7. The van der Waals surface area contributed by atoms with Crippen LogP contribution in [-0.4, -0.2) is 209 Å². The zero-order valence-corrected chi connectivity index (χ0v) is 81.8. The normalized spacial score (nSPS) is 22.6. The Bertz CT molecular complexity index is 6030. The van der Waals surface area contributed by atoms with Gasteiger partial charge in [0, 0.05) is 113 Å². The van der Waals surface area contributed by atoms with Gasteiger partial charge in [0.1, 0.15) is 87.1 Å². The molecule has 6 heterocycles. The minimum Gasteiger partial charge on any atom is -0.497 e. The number of rotatable bonds is 33. The molecule has 732 valence electrons. The van der Waals surface area contributed by atoms with Gasteiger partial charge in [0.15, 0.2) is 0 Å². The maximum Gasteiger partial charge on any atom is 0.332 e. The summed E-state index contributed by atoms with van der Waals surface area (Å²) >= 11 is 0. The number of likely N-dealkylation sites (tertiary alicyclic amines) is 2. The van der Waals surface area contributed by atoms with Gasteiger partial charge >= 0.3 is 29.8 Å². The standard InChI is InChI=1S/C41H51N3O8.C37H43N3O8.C29H31N3O5.ClH/c1-10-26-23-41(26,38(48)50-11-2)43-36(46)33-20-28(24-44(33)37(47)30(39(3,4)5)21-35(45)52-40(6,7)8)51-34-22-31(25-15-13-12-14-16-25)42-32-19-27(49-9)17-18-29(32)34;1-7-23-20-37(23,35(45)47-8-2)39-33(43)30-17-25(21-40(30)34(44)27(18-32(41)42)36(3,4)5)48-31-19-28(22-12-10-9-11-13-22)38-29-16-24(46-6)14-15-26(29)31;1-4-19-16-29(19,28(34)36-5-2)32-27(33)25-14-21(17-30-25)37-26-15-23(18-9-7-6-8-10-18)31-24-13-20(35-3)11-12-22(24)26;/h10,12-19,22,26,28,30,33H,1,11,20-21,23-24H2,2-9H3,(H,43,46);7,9-16,19,23,25,27,30H,1,8,17-18,20-21H2,2-6H3,(H,39,43)(H,41,42);4,6-13,15,19,21,25,30H,1,5,14,16-17H2,2-3H3,(H,32,33);1H/t26?,28-,30-,33+,41?;23?,25-,27-,30+,37?;19?,21-,25+,29?;/m111./s1. The zero-order valence-electron chi connectivity index (χ0n) is 80.9. The second-order valence-electron chi connectivity index (χ2n) is 38.6. The summed E-state index contributed by atoms with van der Waals surface area (Å²) in [7, 11) is 4.79. The molecule has 6 aliphatic rings. The first-order valence-corrected chi connectivity index (χ1v) is 46.5. The number of esters is 4. The molecule has 3 aromatic heterocycles. The number of carbonyl (C=O) groups is 10. The highest BCUT2D eigenvalue weighted by Gasteiger charge is 2.65. The number of hydrogen-bond donors (Lipinski definition) is 5. The van der Waals surface area contributed by atoms with Crippen molar-refractivity contribution < 1.29 is 100 Å². The maximum atomic E-state index is 14.6. The van der Waals surface area contributed by atoms with Gasteiger partial charge in [-0.3, -0.25) is 33.6 Å². The highest BCUT2D eigenvalue weighted by atomic mass is 35.5. The second-order valence-corrected chi connectivity index (χ2v) is 38.6. The van der Waals surface area contributed by atoms with Gasteiger partial charge < -0.3 is 83.5 Å². The van der Waals surface area contributed by atoms with Crippen LogP contribution in [0.2, 0.25) is 0 Å². The predicted molar refractivity (Wildman–Crippen MR) is 524 cm³/mol. The number of fused-ring (bicyclic) bond motifs is 3. The number of aliphatic carboxylic acids is 1. The number of amides is 5. The molecule has 3 aliphatic carbocycles. The lowest BCUT2D eigenvalue weighted by Gasteiger charge is -2.35. The van der Waals surface area contributed by atoms with Crippen molar-refractivity contribution in [2.45, 2.75) is 193 Å². The van der Waals surface area contributed by atoms with Crippen LogP contribution in [0.4, 0.5) is 0 Å². The number of halogens is 1. The first kappa shape index (κ1) is 103. The number of benzene rings is 6. The molecule has 0 radical (unpaired) electrons. The molecular formula is C107H126ClN9O21. The average molecular weight is 1910 g/mol. The van der Waals surface area contributed by atoms with E-state index in [4.69, 9.17) is 62.3 Å². The van der Waals surface area contributed by atoms with Gasteiger partial charge in [0.2, 0.25) is 29.5 Å². The second kappa shape index (κ2) is 43.5. The molecule has 30 nitrogen and oxygen atoms in total. The molecule has 0 spiro atoms. The maximum absolute atomic E-state index is 14.6. The molecule has 6 aromatic carbocycles. The number of nitrogens with zero attached hydrogens (tertiary/aromatic N) is 5. The van der Waals surface area contributed by atoms with Crippen molar-refractivity contribution in [1.29, 1.82) is 0 Å². The van der Waals surface area contributed by atoms with E-state index in [1.807, 2.05) is 178 Å². The Morgan fingerprint density at radius 1 is 0.457 bits per heavy atom. The fourth-order valence-corrected chi connectivity index (χ4v) is 18.1. The van der Waals surface area contributed by atoms with Gasteiger partial charge in [-0.05, 0) is 108 Å². The summed E-state index contributed by atoms with van der Waals surface area (Å²) in [6, 6.07) is 49.1. The van der Waals surface area contributed by atoms with Crippen molar-refractivity contribution in [2.24, 2.45) is 40.4 Å². The van der Waals surface area contributed by atoms with Gasteiger partial charge in [0.25, 0.3) is 0 Å². The van der Waals surface area contributed by atoms with E-state index < -0.39 is 129 Å². The van der Waals surface area contributed by atoms with Crippen LogP contribution < -0.4 is 49.7 Å². The number of ether oxygens (including phenoxy) is 10. The minimum atomic E-state index is -1.27. The Morgan fingerprint density at radius 2 is 0.783 bits per heavy atom. The number of carboxylic acid groups (broad SMARTS) is 1. The van der Waals surface area contributed by atoms with Crippen molar-refractivity contribution >= 4 is 104 Å². The van der Waals surface area contributed by atoms with Crippen LogP contribution in [0.15, 0.2) is 202 Å². The summed E-state index contributed by atoms with van der Waals surface area (Å²) < 4.78 is 57.6. The van der Waals surface area contributed by atoms with Crippen molar-refractivity contribution in [3.63, 3.8) is 0 Å². The first-order chi connectivity index (χ1) is 65.3. The molecule has 3 aliphatic heterocycles. The van der Waals surface area contributed by atoms with E-state index in [1.165, 1.54) is 9.80 Å². The average Bonchev–Trinajstić information content (AvgIpc) is 1.58. The van der Waals surface area contributed by atoms with E-state index in [0.29, 0.717) is 94.5 Å². The molecule has 5 N–H and O–H groups in total. The summed E-state index contributed by atoms with van der Waals surface area (Å²) in [5.41, 5.74) is 1.29. The van der Waals surface area contributed by atoms with Crippen molar-refractivity contribution in [2.75, 3.05) is 60.8 Å². The Labute approximate surface area is 810 Å². The zero-order chi connectivity index (χ0) is 98.8. The lowest BCUT2D eigenvalue weighted by atomic mass is 9.77. The molecule has 15 rings (SSSR count). The Balaban J connectivity index is 0.000000187. The molecule has 3 saturated carbocycles. The lowest BCUT2D eigenvalue weighted by Crippen LogP contribution is -2.55. The number of aromatic nitrogens is 3. The number of carboxylic acids is 1. The van der Waals surface area contributed by atoms with E-state index in [9.17, 15) is 53.1 Å². The first-order valence-electron chi connectivity index (χ1n) is 46.5. The summed E-state index contributed by atoms with van der Waals surface area (Å²) in [6.07, 6.45) is 4.76. The number of hydrogen-bond acceptors (Lipinski definition) is 24. The molecule has 9 aromatic rings. The van der Waals surface area contributed by atoms with Crippen LogP contribution in [0.5, 0.6) is 34.5 Å². The van der Waals surface area contributed by atoms with E-state index >= 15 is 0 Å².